The van der Waals surface area contributed by atoms with E-state index in [9.17, 15) is 4.79 Å². The summed E-state index contributed by atoms with van der Waals surface area (Å²) in [5.74, 6) is -0.236. The molecular formula is C14H10BrCl2NO. The molecule has 2 rings (SSSR count). The molecule has 1 amide bonds. The maximum Gasteiger partial charge on any atom is 0.256 e. The second-order valence-electron chi connectivity index (χ2n) is 3.99. The monoisotopic (exact) mass is 357 g/mol. The third-order valence-corrected chi connectivity index (χ3v) is 4.02. The Hall–Kier alpha value is -1.03. The van der Waals surface area contributed by atoms with Crippen molar-refractivity contribution >= 4 is 50.7 Å². The van der Waals surface area contributed by atoms with Gasteiger partial charge in [0.25, 0.3) is 5.91 Å². The second-order valence-corrected chi connectivity index (χ2v) is 5.69. The normalized spacial score (nSPS) is 10.3. The van der Waals surface area contributed by atoms with Gasteiger partial charge < -0.3 is 5.32 Å². The number of carbonyl (C=O) groups excluding carboxylic acids is 1. The fourth-order valence-electron chi connectivity index (χ4n) is 1.60. The number of hydrogen-bond acceptors (Lipinski definition) is 1. The number of anilines is 1. The molecule has 0 fully saturated rings. The fraction of sp³-hybridized carbons (Fsp3) is 0.0714. The van der Waals surface area contributed by atoms with Gasteiger partial charge in [-0.05, 0) is 58.7 Å². The average molecular weight is 359 g/mol. The topological polar surface area (TPSA) is 29.1 Å². The lowest BCUT2D eigenvalue weighted by atomic mass is 10.1. The largest absolute Gasteiger partial charge is 0.322 e. The SMILES string of the molecule is Cc1c(Cl)cccc1NC(=O)c1cc(Cl)ccc1Br. The minimum Gasteiger partial charge on any atom is -0.322 e. The zero-order chi connectivity index (χ0) is 14.0. The van der Waals surface area contributed by atoms with E-state index in [1.165, 1.54) is 0 Å². The van der Waals surface area contributed by atoms with Gasteiger partial charge in [-0.1, -0.05) is 29.3 Å². The van der Waals surface area contributed by atoms with Crippen LogP contribution in [-0.4, -0.2) is 5.91 Å². The molecule has 1 N–H and O–H groups in total. The highest BCUT2D eigenvalue weighted by Crippen LogP contribution is 2.26. The quantitative estimate of drug-likeness (QED) is 0.773. The maximum atomic E-state index is 12.2. The zero-order valence-corrected chi connectivity index (χ0v) is 13.1. The lowest BCUT2D eigenvalue weighted by Crippen LogP contribution is -2.13. The van der Waals surface area contributed by atoms with Gasteiger partial charge >= 0.3 is 0 Å². The summed E-state index contributed by atoms with van der Waals surface area (Å²) in [6, 6.07) is 10.4. The lowest BCUT2D eigenvalue weighted by Gasteiger charge is -2.10. The number of amides is 1. The second kappa shape index (κ2) is 5.95. The molecule has 19 heavy (non-hydrogen) atoms. The Morgan fingerprint density at radius 1 is 1.21 bits per heavy atom. The third-order valence-electron chi connectivity index (χ3n) is 2.69. The van der Waals surface area contributed by atoms with Crippen LogP contribution in [-0.2, 0) is 0 Å². The van der Waals surface area contributed by atoms with E-state index >= 15 is 0 Å². The third kappa shape index (κ3) is 3.30. The van der Waals surface area contributed by atoms with Crippen molar-refractivity contribution in [3.63, 3.8) is 0 Å². The van der Waals surface area contributed by atoms with Crippen molar-refractivity contribution in [2.24, 2.45) is 0 Å². The Morgan fingerprint density at radius 2 is 1.95 bits per heavy atom. The van der Waals surface area contributed by atoms with Crippen LogP contribution in [0.3, 0.4) is 0 Å². The Morgan fingerprint density at radius 3 is 2.68 bits per heavy atom. The summed E-state index contributed by atoms with van der Waals surface area (Å²) in [6.07, 6.45) is 0. The first-order chi connectivity index (χ1) is 8.99. The van der Waals surface area contributed by atoms with E-state index in [-0.39, 0.29) is 5.91 Å². The van der Waals surface area contributed by atoms with E-state index in [0.717, 1.165) is 5.56 Å². The van der Waals surface area contributed by atoms with E-state index in [4.69, 9.17) is 23.2 Å². The predicted octanol–water partition coefficient (Wildman–Crippen LogP) is 5.32. The van der Waals surface area contributed by atoms with Crippen molar-refractivity contribution in [1.82, 2.24) is 0 Å². The summed E-state index contributed by atoms with van der Waals surface area (Å²) in [6.45, 7) is 1.85. The van der Waals surface area contributed by atoms with Crippen molar-refractivity contribution in [2.75, 3.05) is 5.32 Å². The first-order valence-electron chi connectivity index (χ1n) is 5.50. The van der Waals surface area contributed by atoms with Crippen molar-refractivity contribution < 1.29 is 4.79 Å². The van der Waals surface area contributed by atoms with E-state index in [0.29, 0.717) is 25.8 Å². The Balaban J connectivity index is 2.31. The summed E-state index contributed by atoms with van der Waals surface area (Å²) in [7, 11) is 0. The zero-order valence-electron chi connectivity index (χ0n) is 10.0. The first-order valence-corrected chi connectivity index (χ1v) is 7.05. The van der Waals surface area contributed by atoms with Crippen LogP contribution < -0.4 is 5.32 Å². The Bertz CT molecular complexity index is 643. The van der Waals surface area contributed by atoms with Crippen LogP contribution >= 0.6 is 39.1 Å². The molecule has 98 valence electrons. The van der Waals surface area contributed by atoms with Gasteiger partial charge in [-0.2, -0.15) is 0 Å². The summed E-state index contributed by atoms with van der Waals surface area (Å²) in [5.41, 5.74) is 1.99. The Labute approximate surface area is 129 Å². The van der Waals surface area contributed by atoms with Crippen molar-refractivity contribution in [2.45, 2.75) is 6.92 Å². The van der Waals surface area contributed by atoms with Crippen LogP contribution in [0.4, 0.5) is 5.69 Å². The molecule has 0 bridgehead atoms. The summed E-state index contributed by atoms with van der Waals surface area (Å²) in [4.78, 5) is 12.2. The van der Waals surface area contributed by atoms with Crippen LogP contribution in [0.2, 0.25) is 10.0 Å². The van der Waals surface area contributed by atoms with Gasteiger partial charge in [-0.3, -0.25) is 4.79 Å². The predicted molar refractivity (Wildman–Crippen MR) is 83.3 cm³/mol. The van der Waals surface area contributed by atoms with Crippen LogP contribution in [0, 0.1) is 6.92 Å². The van der Waals surface area contributed by atoms with Crippen LogP contribution in [0.1, 0.15) is 15.9 Å². The lowest BCUT2D eigenvalue weighted by molar-refractivity contribution is 0.102. The van der Waals surface area contributed by atoms with Crippen LogP contribution in [0.15, 0.2) is 40.9 Å². The van der Waals surface area contributed by atoms with Crippen LogP contribution in [0.5, 0.6) is 0 Å². The highest BCUT2D eigenvalue weighted by atomic mass is 79.9. The molecule has 0 aromatic heterocycles. The standard InChI is InChI=1S/C14H10BrCl2NO/c1-8-12(17)3-2-4-13(8)18-14(19)10-7-9(16)5-6-11(10)15/h2-7H,1H3,(H,18,19). The molecule has 0 atom stereocenters. The molecule has 2 aromatic rings. The van der Waals surface area contributed by atoms with E-state index in [1.807, 2.05) is 6.92 Å². The van der Waals surface area contributed by atoms with E-state index in [2.05, 4.69) is 21.2 Å². The molecule has 0 saturated heterocycles. The number of hydrogen-bond donors (Lipinski definition) is 1. The smallest absolute Gasteiger partial charge is 0.256 e. The fourth-order valence-corrected chi connectivity index (χ4v) is 2.38. The van der Waals surface area contributed by atoms with Gasteiger partial charge in [0.05, 0.1) is 5.56 Å². The molecule has 0 aliphatic rings. The van der Waals surface area contributed by atoms with E-state index < -0.39 is 0 Å². The summed E-state index contributed by atoms with van der Waals surface area (Å²) >= 11 is 15.2. The number of carbonyl (C=O) groups is 1. The highest BCUT2D eigenvalue weighted by molar-refractivity contribution is 9.10. The van der Waals surface area contributed by atoms with E-state index in [1.54, 1.807) is 36.4 Å². The molecule has 0 aliphatic heterocycles. The number of halogens is 3. The Kier molecular flexibility index (Phi) is 4.50. The highest BCUT2D eigenvalue weighted by Gasteiger charge is 2.12. The summed E-state index contributed by atoms with van der Waals surface area (Å²) < 4.78 is 0.689. The van der Waals surface area contributed by atoms with Gasteiger partial charge in [0.15, 0.2) is 0 Å². The van der Waals surface area contributed by atoms with Crippen molar-refractivity contribution in [3.05, 3.63) is 62.0 Å². The molecule has 0 aliphatic carbocycles. The molecule has 2 nitrogen and oxygen atoms in total. The first kappa shape index (κ1) is 14.4. The molecule has 0 spiro atoms. The molecule has 0 unspecified atom stereocenters. The molecule has 0 saturated carbocycles. The van der Waals surface area contributed by atoms with Gasteiger partial charge in [0.1, 0.15) is 0 Å². The van der Waals surface area contributed by atoms with Crippen molar-refractivity contribution in [3.8, 4) is 0 Å². The minimum absolute atomic E-state index is 0.236. The molecule has 0 radical (unpaired) electrons. The van der Waals surface area contributed by atoms with Crippen LogP contribution in [0.25, 0.3) is 0 Å². The molecule has 2 aromatic carbocycles. The van der Waals surface area contributed by atoms with Gasteiger partial charge in [-0.15, -0.1) is 0 Å². The number of benzene rings is 2. The van der Waals surface area contributed by atoms with Gasteiger partial charge in [0.2, 0.25) is 0 Å². The molecule has 0 heterocycles. The van der Waals surface area contributed by atoms with Crippen molar-refractivity contribution in [1.29, 1.82) is 0 Å². The molecule has 5 heteroatoms. The van der Waals surface area contributed by atoms with Gasteiger partial charge in [0, 0.05) is 20.2 Å². The molecular weight excluding hydrogens is 349 g/mol. The summed E-state index contributed by atoms with van der Waals surface area (Å²) in [5, 5.41) is 3.95. The average Bonchev–Trinajstić information content (AvgIpc) is 2.38. The number of nitrogens with one attached hydrogen (secondary N) is 1. The van der Waals surface area contributed by atoms with Gasteiger partial charge in [-0.25, -0.2) is 0 Å². The minimum atomic E-state index is -0.236. The maximum absolute atomic E-state index is 12.2. The number of rotatable bonds is 2.